The third kappa shape index (κ3) is 4.13. The number of rotatable bonds is 4. The van der Waals surface area contributed by atoms with Gasteiger partial charge in [-0.15, -0.1) is 11.8 Å². The van der Waals surface area contributed by atoms with E-state index in [0.29, 0.717) is 0 Å². The molecule has 2 aliphatic rings. The van der Waals surface area contributed by atoms with Gasteiger partial charge in [0.2, 0.25) is 5.91 Å². The number of nitrogens with one attached hydrogen (secondary N) is 1. The highest BCUT2D eigenvalue weighted by atomic mass is 32.2. The van der Waals surface area contributed by atoms with E-state index in [9.17, 15) is 9.59 Å². The molecule has 1 saturated carbocycles. The van der Waals surface area contributed by atoms with Crippen molar-refractivity contribution in [3.05, 3.63) is 0 Å². The Labute approximate surface area is 118 Å². The number of thioether (sulfide) groups is 1. The second-order valence-electron chi connectivity index (χ2n) is 5.76. The van der Waals surface area contributed by atoms with Crippen LogP contribution < -0.4 is 5.32 Å². The third-order valence-electron chi connectivity index (χ3n) is 4.16. The van der Waals surface area contributed by atoms with Crippen LogP contribution in [0.5, 0.6) is 0 Å². The molecule has 4 nitrogen and oxygen atoms in total. The van der Waals surface area contributed by atoms with Crippen LogP contribution in [0.1, 0.15) is 57.8 Å². The number of amides is 1. The molecule has 1 aliphatic carbocycles. The zero-order chi connectivity index (χ0) is 13.7. The average molecular weight is 285 g/mol. The Morgan fingerprint density at radius 3 is 2.47 bits per heavy atom. The van der Waals surface area contributed by atoms with Gasteiger partial charge in [-0.2, -0.15) is 0 Å². The first-order chi connectivity index (χ1) is 9.11. The van der Waals surface area contributed by atoms with Crippen molar-refractivity contribution in [1.29, 1.82) is 0 Å². The van der Waals surface area contributed by atoms with Crippen molar-refractivity contribution in [2.75, 3.05) is 5.75 Å². The summed E-state index contributed by atoms with van der Waals surface area (Å²) < 4.78 is 0. The molecule has 0 aromatic heterocycles. The fourth-order valence-corrected chi connectivity index (χ4v) is 4.35. The number of hydrogen-bond acceptors (Lipinski definition) is 3. The molecule has 1 atom stereocenters. The van der Waals surface area contributed by atoms with Crippen LogP contribution in [0.3, 0.4) is 0 Å². The first kappa shape index (κ1) is 14.7. The summed E-state index contributed by atoms with van der Waals surface area (Å²) in [6.07, 6.45) is 8.10. The molecule has 5 heteroatoms. The molecule has 2 N–H and O–H groups in total. The molecule has 1 amide bonds. The van der Waals surface area contributed by atoms with Gasteiger partial charge in [-0.25, -0.2) is 0 Å². The number of carbonyl (C=O) groups excluding carboxylic acids is 1. The molecule has 0 radical (unpaired) electrons. The third-order valence-corrected chi connectivity index (χ3v) is 5.54. The van der Waals surface area contributed by atoms with E-state index in [1.165, 1.54) is 6.42 Å². The maximum absolute atomic E-state index is 12.3. The van der Waals surface area contributed by atoms with Crippen molar-refractivity contribution in [3.8, 4) is 0 Å². The van der Waals surface area contributed by atoms with Gasteiger partial charge in [-0.3, -0.25) is 9.59 Å². The highest BCUT2D eigenvalue weighted by molar-refractivity contribution is 8.00. The molecule has 0 bridgehead atoms. The molecular weight excluding hydrogens is 262 g/mol. The lowest BCUT2D eigenvalue weighted by Gasteiger charge is -2.38. The fourth-order valence-electron chi connectivity index (χ4n) is 3.15. The molecule has 0 spiro atoms. The van der Waals surface area contributed by atoms with Gasteiger partial charge in [0.25, 0.3) is 0 Å². The number of carbonyl (C=O) groups is 2. The minimum Gasteiger partial charge on any atom is -0.481 e. The zero-order valence-electron chi connectivity index (χ0n) is 11.3. The van der Waals surface area contributed by atoms with Crippen LogP contribution in [0.15, 0.2) is 0 Å². The summed E-state index contributed by atoms with van der Waals surface area (Å²) in [6, 6.07) is 0. The number of carboxylic acid groups (broad SMARTS) is 1. The predicted octanol–water partition coefficient (Wildman–Crippen LogP) is 2.57. The lowest BCUT2D eigenvalue weighted by Crippen LogP contribution is -2.53. The minimum atomic E-state index is -0.807. The fraction of sp³-hybridized carbons (Fsp3) is 0.857. The van der Waals surface area contributed by atoms with Gasteiger partial charge in [0.05, 0.1) is 17.2 Å². The van der Waals surface area contributed by atoms with E-state index in [1.54, 1.807) is 11.8 Å². The zero-order valence-corrected chi connectivity index (χ0v) is 12.1. The number of carboxylic acids is 1. The Morgan fingerprint density at radius 1 is 1.16 bits per heavy atom. The quantitative estimate of drug-likeness (QED) is 0.833. The SMILES string of the molecule is O=C(O)CC1(NC(=O)C2CCCCS2)CCCCC1. The molecule has 2 rings (SSSR count). The maximum atomic E-state index is 12.3. The second-order valence-corrected chi connectivity index (χ2v) is 7.07. The van der Waals surface area contributed by atoms with Crippen LogP contribution in [0, 0.1) is 0 Å². The van der Waals surface area contributed by atoms with Crippen LogP contribution in [0.4, 0.5) is 0 Å². The predicted molar refractivity (Wildman–Crippen MR) is 76.3 cm³/mol. The molecule has 1 heterocycles. The summed E-state index contributed by atoms with van der Waals surface area (Å²) >= 11 is 1.72. The smallest absolute Gasteiger partial charge is 0.305 e. The van der Waals surface area contributed by atoms with Crippen molar-refractivity contribution in [3.63, 3.8) is 0 Å². The summed E-state index contributed by atoms with van der Waals surface area (Å²) in [5.41, 5.74) is -0.487. The summed E-state index contributed by atoms with van der Waals surface area (Å²) in [5.74, 6) is 0.302. The van der Waals surface area contributed by atoms with E-state index >= 15 is 0 Å². The van der Waals surface area contributed by atoms with Crippen LogP contribution >= 0.6 is 11.8 Å². The average Bonchev–Trinajstić information content (AvgIpc) is 2.39. The summed E-state index contributed by atoms with van der Waals surface area (Å²) in [7, 11) is 0. The molecular formula is C14H23NO3S. The van der Waals surface area contributed by atoms with Crippen molar-refractivity contribution in [1.82, 2.24) is 5.32 Å². The molecule has 108 valence electrons. The Balaban J connectivity index is 1.98. The van der Waals surface area contributed by atoms with Crippen molar-refractivity contribution in [2.45, 2.75) is 68.6 Å². The van der Waals surface area contributed by atoms with Gasteiger partial charge in [0, 0.05) is 0 Å². The van der Waals surface area contributed by atoms with E-state index in [1.807, 2.05) is 0 Å². The van der Waals surface area contributed by atoms with E-state index < -0.39 is 11.5 Å². The molecule has 1 aliphatic heterocycles. The van der Waals surface area contributed by atoms with E-state index in [-0.39, 0.29) is 17.6 Å². The van der Waals surface area contributed by atoms with Gasteiger partial charge in [-0.1, -0.05) is 25.7 Å². The van der Waals surface area contributed by atoms with Gasteiger partial charge in [0.1, 0.15) is 0 Å². The number of aliphatic carboxylic acids is 1. The summed E-state index contributed by atoms with van der Waals surface area (Å²) in [6.45, 7) is 0. The number of hydrogen-bond donors (Lipinski definition) is 2. The standard InChI is InChI=1S/C14H23NO3S/c16-12(17)10-14(7-3-1-4-8-14)15-13(18)11-6-2-5-9-19-11/h11H,1-10H2,(H,15,18)(H,16,17). The Kier molecular flexibility index (Phi) is 5.13. The monoisotopic (exact) mass is 285 g/mol. The molecule has 19 heavy (non-hydrogen) atoms. The van der Waals surface area contributed by atoms with Crippen LogP contribution in [-0.4, -0.2) is 33.5 Å². The van der Waals surface area contributed by atoms with Crippen LogP contribution in [-0.2, 0) is 9.59 Å². The Bertz CT molecular complexity index is 334. The summed E-state index contributed by atoms with van der Waals surface area (Å²) in [5, 5.41) is 12.2. The molecule has 1 saturated heterocycles. The van der Waals surface area contributed by atoms with E-state index in [0.717, 1.165) is 50.7 Å². The first-order valence-electron chi connectivity index (χ1n) is 7.27. The molecule has 1 unspecified atom stereocenters. The maximum Gasteiger partial charge on any atom is 0.305 e. The highest BCUT2D eigenvalue weighted by Crippen LogP contribution is 2.33. The lowest BCUT2D eigenvalue weighted by molar-refractivity contribution is -0.139. The second kappa shape index (κ2) is 6.64. The van der Waals surface area contributed by atoms with Crippen molar-refractivity contribution < 1.29 is 14.7 Å². The van der Waals surface area contributed by atoms with Gasteiger partial charge in [-0.05, 0) is 31.4 Å². The van der Waals surface area contributed by atoms with E-state index in [4.69, 9.17) is 5.11 Å². The van der Waals surface area contributed by atoms with Crippen LogP contribution in [0.25, 0.3) is 0 Å². The summed E-state index contributed by atoms with van der Waals surface area (Å²) in [4.78, 5) is 23.4. The highest BCUT2D eigenvalue weighted by Gasteiger charge is 2.37. The first-order valence-corrected chi connectivity index (χ1v) is 8.32. The largest absolute Gasteiger partial charge is 0.481 e. The van der Waals surface area contributed by atoms with Gasteiger partial charge < -0.3 is 10.4 Å². The Morgan fingerprint density at radius 2 is 1.89 bits per heavy atom. The van der Waals surface area contributed by atoms with Crippen molar-refractivity contribution >= 4 is 23.6 Å². The molecule has 2 fully saturated rings. The van der Waals surface area contributed by atoms with Crippen LogP contribution in [0.2, 0.25) is 0 Å². The minimum absolute atomic E-state index is 0.0290. The molecule has 0 aromatic carbocycles. The van der Waals surface area contributed by atoms with Gasteiger partial charge in [0.15, 0.2) is 0 Å². The lowest BCUT2D eigenvalue weighted by atomic mass is 9.79. The van der Waals surface area contributed by atoms with Crippen molar-refractivity contribution in [2.24, 2.45) is 0 Å². The topological polar surface area (TPSA) is 66.4 Å². The van der Waals surface area contributed by atoms with E-state index in [2.05, 4.69) is 5.32 Å². The normalized spacial score (nSPS) is 26.6. The van der Waals surface area contributed by atoms with Gasteiger partial charge >= 0.3 is 5.97 Å². The Hall–Kier alpha value is -0.710. The molecule has 0 aromatic rings.